The van der Waals surface area contributed by atoms with Gasteiger partial charge in [-0.25, -0.2) is 0 Å². The van der Waals surface area contributed by atoms with Gasteiger partial charge in [-0.3, -0.25) is 0 Å². The average molecular weight is 207 g/mol. The topological polar surface area (TPSA) is 21.3 Å². The largest absolute Gasteiger partial charge is 0.383 e. The molecule has 0 bridgehead atoms. The molecule has 1 aromatic carbocycles. The predicted octanol–water partition coefficient (Wildman–Crippen LogP) is 2.76. The number of rotatable bonds is 6. The van der Waals surface area contributed by atoms with Crippen LogP contribution in [0.3, 0.4) is 0 Å². The Hall–Kier alpha value is -0.860. The van der Waals surface area contributed by atoms with Crippen LogP contribution in [0, 0.1) is 0 Å². The predicted molar refractivity (Wildman–Crippen MR) is 63.9 cm³/mol. The molecule has 2 atom stereocenters. The summed E-state index contributed by atoms with van der Waals surface area (Å²) in [4.78, 5) is 0. The van der Waals surface area contributed by atoms with Gasteiger partial charge in [0, 0.05) is 13.2 Å². The Balaban J connectivity index is 2.65. The van der Waals surface area contributed by atoms with Crippen molar-refractivity contribution in [2.24, 2.45) is 0 Å². The summed E-state index contributed by atoms with van der Waals surface area (Å²) in [5.74, 6) is 0. The Labute approximate surface area is 92.6 Å². The monoisotopic (exact) mass is 207 g/mol. The van der Waals surface area contributed by atoms with E-state index < -0.39 is 0 Å². The Morgan fingerprint density at radius 1 is 1.27 bits per heavy atom. The third-order valence-corrected chi connectivity index (χ3v) is 2.63. The van der Waals surface area contributed by atoms with Crippen LogP contribution in [0.15, 0.2) is 30.3 Å². The first-order valence-electron chi connectivity index (χ1n) is 5.57. The lowest BCUT2D eigenvalue weighted by molar-refractivity contribution is 0.161. The molecule has 0 heterocycles. The number of hydrogen-bond donors (Lipinski definition) is 1. The van der Waals surface area contributed by atoms with E-state index in [0.29, 0.717) is 18.7 Å². The Kier molecular flexibility index (Phi) is 5.37. The van der Waals surface area contributed by atoms with Crippen LogP contribution in [-0.4, -0.2) is 19.8 Å². The minimum absolute atomic E-state index is 0.297. The van der Waals surface area contributed by atoms with E-state index in [1.165, 1.54) is 5.56 Å². The maximum atomic E-state index is 5.24. The minimum Gasteiger partial charge on any atom is -0.383 e. The van der Waals surface area contributed by atoms with Crippen molar-refractivity contribution in [2.45, 2.75) is 32.4 Å². The summed E-state index contributed by atoms with van der Waals surface area (Å²) < 4.78 is 5.24. The van der Waals surface area contributed by atoms with Crippen molar-refractivity contribution < 1.29 is 4.74 Å². The second-order valence-corrected chi connectivity index (χ2v) is 3.89. The van der Waals surface area contributed by atoms with Gasteiger partial charge in [-0.1, -0.05) is 37.3 Å². The molecule has 1 aromatic rings. The van der Waals surface area contributed by atoms with E-state index in [9.17, 15) is 0 Å². The first-order chi connectivity index (χ1) is 7.27. The summed E-state index contributed by atoms with van der Waals surface area (Å²) in [6, 6.07) is 11.3. The van der Waals surface area contributed by atoms with Crippen molar-refractivity contribution in [3.8, 4) is 0 Å². The molecule has 0 aliphatic heterocycles. The molecule has 1 N–H and O–H groups in total. The molecule has 0 amide bonds. The number of hydrogen-bond acceptors (Lipinski definition) is 2. The van der Waals surface area contributed by atoms with Gasteiger partial charge in [0.25, 0.3) is 0 Å². The summed E-state index contributed by atoms with van der Waals surface area (Å²) in [6.07, 6.45) is 1.13. The zero-order valence-electron chi connectivity index (χ0n) is 9.86. The van der Waals surface area contributed by atoms with E-state index in [2.05, 4.69) is 43.4 Å². The molecule has 0 fully saturated rings. The van der Waals surface area contributed by atoms with Gasteiger partial charge in [0.1, 0.15) is 0 Å². The van der Waals surface area contributed by atoms with Crippen LogP contribution < -0.4 is 5.32 Å². The number of benzene rings is 1. The molecule has 84 valence electrons. The lowest BCUT2D eigenvalue weighted by atomic mass is 10.1. The van der Waals surface area contributed by atoms with E-state index >= 15 is 0 Å². The highest BCUT2D eigenvalue weighted by Gasteiger charge is 2.12. The van der Waals surface area contributed by atoms with Crippen molar-refractivity contribution in [3.05, 3.63) is 35.9 Å². The highest BCUT2D eigenvalue weighted by molar-refractivity contribution is 5.19. The third kappa shape index (κ3) is 4.02. The molecule has 0 saturated carbocycles. The van der Waals surface area contributed by atoms with Gasteiger partial charge in [0.2, 0.25) is 0 Å². The fourth-order valence-electron chi connectivity index (χ4n) is 1.55. The zero-order valence-corrected chi connectivity index (χ0v) is 9.86. The summed E-state index contributed by atoms with van der Waals surface area (Å²) in [6.45, 7) is 5.10. The highest BCUT2D eigenvalue weighted by atomic mass is 16.5. The average Bonchev–Trinajstić information content (AvgIpc) is 2.29. The lowest BCUT2D eigenvalue weighted by Gasteiger charge is -2.22. The van der Waals surface area contributed by atoms with E-state index in [-0.39, 0.29) is 0 Å². The van der Waals surface area contributed by atoms with E-state index in [1.807, 2.05) is 6.07 Å². The molecular weight excluding hydrogens is 186 g/mol. The van der Waals surface area contributed by atoms with Crippen LogP contribution in [0.2, 0.25) is 0 Å². The van der Waals surface area contributed by atoms with Crippen molar-refractivity contribution in [3.63, 3.8) is 0 Å². The summed E-state index contributed by atoms with van der Waals surface area (Å²) in [5, 5.41) is 3.56. The summed E-state index contributed by atoms with van der Waals surface area (Å²) in [5.41, 5.74) is 1.29. The van der Waals surface area contributed by atoms with E-state index in [0.717, 1.165) is 6.42 Å². The quantitative estimate of drug-likeness (QED) is 0.774. The first kappa shape index (κ1) is 12.2. The van der Waals surface area contributed by atoms with Crippen LogP contribution in [0.1, 0.15) is 31.9 Å². The third-order valence-electron chi connectivity index (χ3n) is 2.63. The van der Waals surface area contributed by atoms with Crippen LogP contribution in [-0.2, 0) is 4.74 Å². The Morgan fingerprint density at radius 2 is 1.93 bits per heavy atom. The number of methoxy groups -OCH3 is 1. The van der Waals surface area contributed by atoms with Crippen LogP contribution in [0.25, 0.3) is 0 Å². The fraction of sp³-hybridized carbons (Fsp3) is 0.538. The van der Waals surface area contributed by atoms with Crippen LogP contribution >= 0.6 is 0 Å². The van der Waals surface area contributed by atoms with Crippen molar-refractivity contribution in [1.82, 2.24) is 5.32 Å². The smallest absolute Gasteiger partial charge is 0.0657 e. The Bertz CT molecular complexity index is 260. The molecule has 1 unspecified atom stereocenters. The van der Waals surface area contributed by atoms with Gasteiger partial charge < -0.3 is 10.1 Å². The second-order valence-electron chi connectivity index (χ2n) is 3.89. The summed E-state index contributed by atoms with van der Waals surface area (Å²) >= 11 is 0. The van der Waals surface area contributed by atoms with Crippen molar-refractivity contribution >= 4 is 0 Å². The van der Waals surface area contributed by atoms with E-state index in [1.54, 1.807) is 7.11 Å². The maximum absolute atomic E-state index is 5.24. The highest BCUT2D eigenvalue weighted by Crippen LogP contribution is 2.13. The van der Waals surface area contributed by atoms with E-state index in [4.69, 9.17) is 4.74 Å². The second kappa shape index (κ2) is 6.59. The maximum Gasteiger partial charge on any atom is 0.0657 e. The first-order valence-corrected chi connectivity index (χ1v) is 5.57. The number of nitrogens with one attached hydrogen (secondary N) is 1. The molecule has 0 radical (unpaired) electrons. The van der Waals surface area contributed by atoms with Gasteiger partial charge in [-0.15, -0.1) is 0 Å². The van der Waals surface area contributed by atoms with Crippen molar-refractivity contribution in [2.75, 3.05) is 13.7 Å². The molecule has 0 saturated heterocycles. The summed E-state index contributed by atoms with van der Waals surface area (Å²) in [7, 11) is 1.74. The molecule has 0 aliphatic carbocycles. The van der Waals surface area contributed by atoms with Gasteiger partial charge >= 0.3 is 0 Å². The van der Waals surface area contributed by atoms with Gasteiger partial charge in [-0.05, 0) is 18.9 Å². The molecule has 2 nitrogen and oxygen atoms in total. The minimum atomic E-state index is 0.297. The lowest BCUT2D eigenvalue weighted by Crippen LogP contribution is -2.32. The Morgan fingerprint density at radius 3 is 2.47 bits per heavy atom. The van der Waals surface area contributed by atoms with Crippen LogP contribution in [0.4, 0.5) is 0 Å². The molecule has 0 spiro atoms. The SMILES string of the molecule is CCC(C)N[C@@H](COC)c1ccccc1. The van der Waals surface area contributed by atoms with Gasteiger partial charge in [0.15, 0.2) is 0 Å². The van der Waals surface area contributed by atoms with Gasteiger partial charge in [-0.2, -0.15) is 0 Å². The molecule has 0 aromatic heterocycles. The van der Waals surface area contributed by atoms with Gasteiger partial charge in [0.05, 0.1) is 12.6 Å². The fourth-order valence-corrected chi connectivity index (χ4v) is 1.55. The van der Waals surface area contributed by atoms with Crippen molar-refractivity contribution in [1.29, 1.82) is 0 Å². The molecular formula is C13H21NO. The zero-order chi connectivity index (χ0) is 11.1. The van der Waals surface area contributed by atoms with Crippen LogP contribution in [0.5, 0.6) is 0 Å². The molecule has 0 aliphatic rings. The molecule has 1 rings (SSSR count). The number of ether oxygens (including phenoxy) is 1. The standard InChI is InChI=1S/C13H21NO/c1-4-11(2)14-13(10-15-3)12-8-6-5-7-9-12/h5-9,11,13-14H,4,10H2,1-3H3/t11?,13-/m0/s1. The molecule has 2 heteroatoms. The normalized spacial score (nSPS) is 14.9. The molecule has 15 heavy (non-hydrogen) atoms.